The van der Waals surface area contributed by atoms with Crippen LogP contribution in [0.25, 0.3) is 0 Å². The van der Waals surface area contributed by atoms with Crippen molar-refractivity contribution in [2.24, 2.45) is 22.2 Å². The van der Waals surface area contributed by atoms with Gasteiger partial charge in [0.05, 0.1) is 23.0 Å². The minimum atomic E-state index is -0.808. The number of fused-ring (bicyclic) bond motifs is 1. The van der Waals surface area contributed by atoms with E-state index in [4.69, 9.17) is 9.73 Å². The standard InChI is InChI=1S/C26H32N4O6S2/c1-14-20-19(15(2)31)23(32)29(20)21(24(33)36-11-16-5-7-17(8-6-16)30(34)35)22(14)38-18-9-28(10-18)25-27-12-26(3,4)13-37-25/h5-8,14-15,18-20,31H,9-13H2,1-4H3/t14-,15-,19-,20-/m1/s1. The highest BCUT2D eigenvalue weighted by Crippen LogP contribution is 2.52. The average Bonchev–Trinajstić information content (AvgIpc) is 3.07. The number of esters is 1. The van der Waals surface area contributed by atoms with Crippen LogP contribution >= 0.6 is 23.5 Å². The van der Waals surface area contributed by atoms with Gasteiger partial charge in [0.2, 0.25) is 5.91 Å². The molecule has 0 aliphatic carbocycles. The molecule has 4 heterocycles. The second-order valence-corrected chi connectivity index (χ2v) is 13.4. The number of aliphatic imine (C=N–C) groups is 1. The van der Waals surface area contributed by atoms with E-state index in [0.717, 1.165) is 35.5 Å². The fourth-order valence-corrected chi connectivity index (χ4v) is 7.89. The normalized spacial score (nSPS) is 27.3. The van der Waals surface area contributed by atoms with Crippen molar-refractivity contribution in [2.75, 3.05) is 25.4 Å². The zero-order valence-corrected chi connectivity index (χ0v) is 23.5. The molecule has 0 spiro atoms. The average molecular weight is 561 g/mol. The van der Waals surface area contributed by atoms with Crippen LogP contribution in [-0.2, 0) is 20.9 Å². The van der Waals surface area contributed by atoms with Crippen molar-refractivity contribution in [3.8, 4) is 0 Å². The molecule has 4 atom stereocenters. The van der Waals surface area contributed by atoms with Crippen molar-refractivity contribution in [3.63, 3.8) is 0 Å². The third-order valence-electron chi connectivity index (χ3n) is 7.47. The predicted octanol–water partition coefficient (Wildman–Crippen LogP) is 3.25. The molecule has 2 fully saturated rings. The first-order chi connectivity index (χ1) is 18.0. The van der Waals surface area contributed by atoms with E-state index in [1.165, 1.54) is 17.0 Å². The number of likely N-dealkylation sites (tertiary alicyclic amines) is 1. The summed E-state index contributed by atoms with van der Waals surface area (Å²) in [5.41, 5.74) is 1.05. The lowest BCUT2D eigenvalue weighted by molar-refractivity contribution is -0.384. The van der Waals surface area contributed by atoms with Crippen LogP contribution in [0.15, 0.2) is 39.9 Å². The van der Waals surface area contributed by atoms with Crippen molar-refractivity contribution in [3.05, 3.63) is 50.5 Å². The number of amidine groups is 1. The van der Waals surface area contributed by atoms with Gasteiger partial charge >= 0.3 is 5.97 Å². The Kier molecular flexibility index (Phi) is 7.25. The number of nitro groups is 1. The van der Waals surface area contributed by atoms with Crippen molar-refractivity contribution >= 4 is 46.3 Å². The molecule has 1 aromatic carbocycles. The Morgan fingerprint density at radius 1 is 1.34 bits per heavy atom. The Hall–Kier alpha value is -2.57. The van der Waals surface area contributed by atoms with Gasteiger partial charge in [-0.25, -0.2) is 4.79 Å². The molecule has 12 heteroatoms. The number of hydrogen-bond donors (Lipinski definition) is 1. The maximum absolute atomic E-state index is 13.3. The van der Waals surface area contributed by atoms with Crippen molar-refractivity contribution in [2.45, 2.75) is 51.7 Å². The number of aliphatic hydroxyl groups is 1. The van der Waals surface area contributed by atoms with Crippen LogP contribution in [0, 0.1) is 27.4 Å². The molecule has 10 nitrogen and oxygen atoms in total. The first kappa shape index (κ1) is 27.0. The number of benzene rings is 1. The zero-order chi connectivity index (χ0) is 27.4. The monoisotopic (exact) mass is 560 g/mol. The first-order valence-electron chi connectivity index (χ1n) is 12.7. The van der Waals surface area contributed by atoms with Gasteiger partial charge in [-0.3, -0.25) is 19.9 Å². The fraction of sp³-hybridized carbons (Fsp3) is 0.577. The summed E-state index contributed by atoms with van der Waals surface area (Å²) in [5, 5.41) is 22.5. The van der Waals surface area contributed by atoms with Gasteiger partial charge in [0.15, 0.2) is 5.17 Å². The van der Waals surface area contributed by atoms with Gasteiger partial charge in [-0.1, -0.05) is 32.5 Å². The summed E-state index contributed by atoms with van der Waals surface area (Å²) in [6.07, 6.45) is -0.808. The molecule has 0 saturated carbocycles. The summed E-state index contributed by atoms with van der Waals surface area (Å²) in [4.78, 5) is 46.1. The number of nitro benzene ring substituents is 1. The minimum absolute atomic E-state index is 0.0416. The van der Waals surface area contributed by atoms with Crippen LogP contribution in [0.5, 0.6) is 0 Å². The van der Waals surface area contributed by atoms with Gasteiger partial charge in [0.25, 0.3) is 5.69 Å². The highest BCUT2D eigenvalue weighted by Gasteiger charge is 2.60. The number of nitrogens with zero attached hydrogens (tertiary/aromatic N) is 4. The number of thioether (sulfide) groups is 2. The number of non-ortho nitro benzene ring substituents is 1. The maximum Gasteiger partial charge on any atom is 0.356 e. The van der Waals surface area contributed by atoms with Gasteiger partial charge in [-0.05, 0) is 30.0 Å². The number of carbonyl (C=O) groups excluding carboxylic acids is 2. The topological polar surface area (TPSA) is 126 Å². The molecule has 4 aliphatic rings. The summed E-state index contributed by atoms with van der Waals surface area (Å²) in [7, 11) is 0. The van der Waals surface area contributed by atoms with Crippen LogP contribution in [0.4, 0.5) is 5.69 Å². The van der Waals surface area contributed by atoms with Gasteiger partial charge in [-0.15, -0.1) is 11.8 Å². The molecule has 0 bridgehead atoms. The van der Waals surface area contributed by atoms with E-state index >= 15 is 0 Å². The lowest BCUT2D eigenvalue weighted by Crippen LogP contribution is -2.63. The Morgan fingerprint density at radius 3 is 2.61 bits per heavy atom. The quantitative estimate of drug-likeness (QED) is 0.231. The van der Waals surface area contributed by atoms with Crippen molar-refractivity contribution < 1.29 is 24.4 Å². The predicted molar refractivity (Wildman–Crippen MR) is 146 cm³/mol. The second kappa shape index (κ2) is 10.2. The summed E-state index contributed by atoms with van der Waals surface area (Å²) in [5.74, 6) is -0.471. The lowest BCUT2D eigenvalue weighted by atomic mass is 9.79. The molecule has 38 heavy (non-hydrogen) atoms. The Labute approximate surface area is 230 Å². The minimum Gasteiger partial charge on any atom is -0.456 e. The summed E-state index contributed by atoms with van der Waals surface area (Å²) in [6, 6.07) is 5.54. The number of rotatable bonds is 7. The van der Waals surface area contributed by atoms with Crippen LogP contribution in [0.1, 0.15) is 33.3 Å². The number of carbonyl (C=O) groups is 2. The summed E-state index contributed by atoms with van der Waals surface area (Å²) in [6.45, 7) is 10.4. The van der Waals surface area contributed by atoms with Crippen molar-refractivity contribution in [1.82, 2.24) is 9.80 Å². The van der Waals surface area contributed by atoms with Gasteiger partial charge in [-0.2, -0.15) is 0 Å². The number of hydrogen-bond acceptors (Lipinski definition) is 10. The first-order valence-corrected chi connectivity index (χ1v) is 14.6. The molecular formula is C26H32N4O6S2. The van der Waals surface area contributed by atoms with Crippen molar-refractivity contribution in [1.29, 1.82) is 0 Å². The van der Waals surface area contributed by atoms with E-state index in [1.54, 1.807) is 42.6 Å². The van der Waals surface area contributed by atoms with E-state index in [0.29, 0.717) is 5.56 Å². The molecular weight excluding hydrogens is 528 g/mol. The van der Waals surface area contributed by atoms with E-state index in [1.807, 2.05) is 6.92 Å². The third-order valence-corrected chi connectivity index (χ3v) is 10.5. The van der Waals surface area contributed by atoms with E-state index in [9.17, 15) is 24.8 Å². The van der Waals surface area contributed by atoms with Crippen LogP contribution < -0.4 is 0 Å². The van der Waals surface area contributed by atoms with Gasteiger partial charge < -0.3 is 19.6 Å². The Balaban J connectivity index is 1.29. The van der Waals surface area contributed by atoms with Gasteiger partial charge in [0.1, 0.15) is 12.3 Å². The number of amides is 1. The fourth-order valence-electron chi connectivity index (χ4n) is 5.27. The van der Waals surface area contributed by atoms with Crippen LogP contribution in [-0.4, -0.2) is 79.7 Å². The summed E-state index contributed by atoms with van der Waals surface area (Å²) >= 11 is 3.41. The molecule has 4 aliphatic heterocycles. The summed E-state index contributed by atoms with van der Waals surface area (Å²) < 4.78 is 5.59. The lowest BCUT2D eigenvalue weighted by Gasteiger charge is -2.46. The smallest absolute Gasteiger partial charge is 0.356 e. The molecule has 1 N–H and O–H groups in total. The number of β-lactam (4-membered cyclic amide) rings is 1. The largest absolute Gasteiger partial charge is 0.456 e. The molecule has 5 rings (SSSR count). The molecule has 1 aromatic rings. The molecule has 0 unspecified atom stereocenters. The molecule has 1 amide bonds. The second-order valence-electron chi connectivity index (χ2n) is 11.2. The van der Waals surface area contributed by atoms with Gasteiger partial charge in [0, 0.05) is 53.6 Å². The highest BCUT2D eigenvalue weighted by molar-refractivity contribution is 8.13. The molecule has 2 saturated heterocycles. The Bertz CT molecular complexity index is 1210. The van der Waals surface area contributed by atoms with Crippen LogP contribution in [0.3, 0.4) is 0 Å². The van der Waals surface area contributed by atoms with E-state index < -0.39 is 22.9 Å². The molecule has 0 aromatic heterocycles. The van der Waals surface area contributed by atoms with E-state index in [2.05, 4.69) is 18.7 Å². The maximum atomic E-state index is 13.3. The highest BCUT2D eigenvalue weighted by atomic mass is 32.2. The Morgan fingerprint density at radius 2 is 2.03 bits per heavy atom. The zero-order valence-electron chi connectivity index (χ0n) is 21.8. The molecule has 0 radical (unpaired) electrons. The molecule has 204 valence electrons. The number of aliphatic hydroxyl groups excluding tert-OH is 1. The van der Waals surface area contributed by atoms with E-state index in [-0.39, 0.29) is 46.5 Å². The number of ether oxygens (including phenoxy) is 1. The SMILES string of the molecule is C[C@@H](O)[C@H]1C(=O)N2C(C(=O)OCc3ccc([N+](=O)[O-])cc3)=C(SC3CN(C4=NCC(C)(C)CS4)C3)[C@H](C)[C@H]12. The third kappa shape index (κ3) is 4.93. The van der Waals surface area contributed by atoms with Crippen LogP contribution in [0.2, 0.25) is 0 Å².